The highest BCUT2D eigenvalue weighted by Gasteiger charge is 2.34. The molecule has 0 spiro atoms. The van der Waals surface area contributed by atoms with Gasteiger partial charge in [-0.3, -0.25) is 9.59 Å². The number of methoxy groups -OCH3 is 2. The molecule has 0 saturated heterocycles. The van der Waals surface area contributed by atoms with Gasteiger partial charge in [-0.2, -0.15) is 0 Å². The Balaban J connectivity index is 1.73. The summed E-state index contributed by atoms with van der Waals surface area (Å²) >= 11 is 6.00. The summed E-state index contributed by atoms with van der Waals surface area (Å²) in [5.74, 6) is -1.35. The third-order valence-electron chi connectivity index (χ3n) is 4.96. The fraction of sp³-hybridized carbons (Fsp3) is 0.273. The van der Waals surface area contributed by atoms with Crippen molar-refractivity contribution in [2.45, 2.75) is 18.4 Å². The van der Waals surface area contributed by atoms with Crippen molar-refractivity contribution in [3.05, 3.63) is 76.6 Å². The van der Waals surface area contributed by atoms with E-state index in [0.717, 1.165) is 11.6 Å². The average molecular weight is 418 g/mol. The molecular formula is C22H21ClFNO4. The zero-order chi connectivity index (χ0) is 21.0. The predicted octanol–water partition coefficient (Wildman–Crippen LogP) is 4.12. The van der Waals surface area contributed by atoms with Crippen LogP contribution in [0.4, 0.5) is 4.39 Å². The first-order chi connectivity index (χ1) is 13.9. The Morgan fingerprint density at radius 1 is 1.14 bits per heavy atom. The number of hydrogen-bond donors (Lipinski definition) is 1. The Bertz CT molecular complexity index is 929. The molecular weight excluding hydrogens is 397 g/mol. The zero-order valence-electron chi connectivity index (χ0n) is 16.0. The molecule has 0 aromatic heterocycles. The van der Waals surface area contributed by atoms with Crippen molar-refractivity contribution in [1.29, 1.82) is 0 Å². The minimum Gasteiger partial charge on any atom is -0.497 e. The molecule has 3 unspecified atom stereocenters. The molecule has 1 aliphatic carbocycles. The molecule has 1 amide bonds. The van der Waals surface area contributed by atoms with Gasteiger partial charge >= 0.3 is 5.97 Å². The summed E-state index contributed by atoms with van der Waals surface area (Å²) in [7, 11) is 2.92. The zero-order valence-corrected chi connectivity index (χ0v) is 16.8. The van der Waals surface area contributed by atoms with Crippen LogP contribution >= 0.6 is 11.6 Å². The van der Waals surface area contributed by atoms with Crippen LogP contribution in [0, 0.1) is 11.7 Å². The van der Waals surface area contributed by atoms with Crippen LogP contribution in [0.25, 0.3) is 0 Å². The molecule has 3 atom stereocenters. The maximum Gasteiger partial charge on any atom is 0.313 e. The van der Waals surface area contributed by atoms with Gasteiger partial charge in [0.2, 0.25) is 0 Å². The summed E-state index contributed by atoms with van der Waals surface area (Å²) in [5.41, 5.74) is 0.871. The van der Waals surface area contributed by atoms with E-state index in [0.29, 0.717) is 12.2 Å². The van der Waals surface area contributed by atoms with Gasteiger partial charge in [0.05, 0.1) is 30.7 Å². The third-order valence-corrected chi connectivity index (χ3v) is 5.29. The fourth-order valence-corrected chi connectivity index (χ4v) is 3.70. The van der Waals surface area contributed by atoms with Crippen LogP contribution in [0.3, 0.4) is 0 Å². The van der Waals surface area contributed by atoms with Crippen molar-refractivity contribution >= 4 is 23.5 Å². The highest BCUT2D eigenvalue weighted by Crippen LogP contribution is 2.35. The maximum atomic E-state index is 13.4. The number of rotatable bonds is 6. The standard InChI is InChI=1S/C22H21ClFNO4/c1-28-17-8-4-13(5-9-17)20(22(27)29-2)14-3-7-16(11-14)25-21(26)18-12-15(24)6-10-19(18)23/h3-10,12,14,16,20H,11H2,1-2H3,(H,25,26). The Hall–Kier alpha value is -2.86. The first-order valence-corrected chi connectivity index (χ1v) is 9.46. The quantitative estimate of drug-likeness (QED) is 0.567. The van der Waals surface area contributed by atoms with E-state index in [1.165, 1.54) is 19.2 Å². The van der Waals surface area contributed by atoms with E-state index >= 15 is 0 Å². The van der Waals surface area contributed by atoms with E-state index < -0.39 is 17.6 Å². The van der Waals surface area contributed by atoms with Crippen molar-refractivity contribution < 1.29 is 23.5 Å². The lowest BCUT2D eigenvalue weighted by Crippen LogP contribution is -2.34. The van der Waals surface area contributed by atoms with Crippen molar-refractivity contribution in [1.82, 2.24) is 5.32 Å². The Kier molecular flexibility index (Phi) is 6.54. The topological polar surface area (TPSA) is 64.6 Å². The number of carbonyl (C=O) groups is 2. The van der Waals surface area contributed by atoms with Crippen LogP contribution in [0.1, 0.15) is 28.3 Å². The minimum atomic E-state index is -0.537. The monoisotopic (exact) mass is 417 g/mol. The Morgan fingerprint density at radius 2 is 1.86 bits per heavy atom. The number of esters is 1. The van der Waals surface area contributed by atoms with Crippen molar-refractivity contribution in [2.24, 2.45) is 5.92 Å². The molecule has 29 heavy (non-hydrogen) atoms. The summed E-state index contributed by atoms with van der Waals surface area (Å²) in [6.45, 7) is 0. The van der Waals surface area contributed by atoms with Crippen LogP contribution in [0.2, 0.25) is 5.02 Å². The van der Waals surface area contributed by atoms with Crippen LogP contribution in [0.15, 0.2) is 54.6 Å². The molecule has 0 bridgehead atoms. The Morgan fingerprint density at radius 3 is 2.52 bits per heavy atom. The first kappa shape index (κ1) is 20.9. The van der Waals surface area contributed by atoms with Crippen LogP contribution in [-0.4, -0.2) is 32.1 Å². The van der Waals surface area contributed by atoms with Gasteiger partial charge in [0.15, 0.2) is 0 Å². The first-order valence-electron chi connectivity index (χ1n) is 9.09. The lowest BCUT2D eigenvalue weighted by molar-refractivity contribution is -0.143. The van der Waals surface area contributed by atoms with Gasteiger partial charge in [0, 0.05) is 6.04 Å². The largest absolute Gasteiger partial charge is 0.497 e. The molecule has 1 N–H and O–H groups in total. The third kappa shape index (κ3) is 4.77. The Labute approximate surface area is 173 Å². The van der Waals surface area contributed by atoms with Gasteiger partial charge in [-0.1, -0.05) is 35.9 Å². The summed E-state index contributed by atoms with van der Waals surface area (Å²) < 4.78 is 23.6. The normalized spacial score (nSPS) is 18.9. The molecule has 0 radical (unpaired) electrons. The second-order valence-corrected chi connectivity index (χ2v) is 7.17. The molecule has 0 saturated carbocycles. The highest BCUT2D eigenvalue weighted by molar-refractivity contribution is 6.33. The summed E-state index contributed by atoms with van der Waals surface area (Å²) in [4.78, 5) is 24.9. The van der Waals surface area contributed by atoms with Crippen LogP contribution in [-0.2, 0) is 9.53 Å². The number of nitrogens with one attached hydrogen (secondary N) is 1. The van der Waals surface area contributed by atoms with Gasteiger partial charge in [0.1, 0.15) is 11.6 Å². The smallest absolute Gasteiger partial charge is 0.313 e. The minimum absolute atomic E-state index is 0.0724. The highest BCUT2D eigenvalue weighted by atomic mass is 35.5. The summed E-state index contributed by atoms with van der Waals surface area (Å²) in [5, 5.41) is 3.00. The molecule has 0 fully saturated rings. The number of amides is 1. The number of benzene rings is 2. The van der Waals surface area contributed by atoms with E-state index in [-0.39, 0.29) is 28.5 Å². The second-order valence-electron chi connectivity index (χ2n) is 6.76. The number of hydrogen-bond acceptors (Lipinski definition) is 4. The number of carbonyl (C=O) groups excluding carboxylic acids is 2. The molecule has 5 nitrogen and oxygen atoms in total. The SMILES string of the molecule is COC(=O)C(c1ccc(OC)cc1)C1C=CC(NC(=O)c2cc(F)ccc2Cl)C1. The van der Waals surface area contributed by atoms with Crippen LogP contribution < -0.4 is 10.1 Å². The molecule has 2 aromatic rings. The van der Waals surface area contributed by atoms with E-state index in [2.05, 4.69) is 5.32 Å². The van der Waals surface area contributed by atoms with Crippen molar-refractivity contribution in [3.8, 4) is 5.75 Å². The van der Waals surface area contributed by atoms with Crippen molar-refractivity contribution in [3.63, 3.8) is 0 Å². The van der Waals surface area contributed by atoms with Gasteiger partial charge in [-0.05, 0) is 48.2 Å². The van der Waals surface area contributed by atoms with Crippen molar-refractivity contribution in [2.75, 3.05) is 14.2 Å². The van der Waals surface area contributed by atoms with Crippen LogP contribution in [0.5, 0.6) is 5.75 Å². The summed E-state index contributed by atoms with van der Waals surface area (Å²) in [6.07, 6.45) is 4.23. The summed E-state index contributed by atoms with van der Waals surface area (Å²) in [6, 6.07) is 10.6. The van der Waals surface area contributed by atoms with Gasteiger partial charge in [0.25, 0.3) is 5.91 Å². The maximum absolute atomic E-state index is 13.4. The van der Waals surface area contributed by atoms with Gasteiger partial charge < -0.3 is 14.8 Å². The number of ether oxygens (including phenoxy) is 2. The predicted molar refractivity (Wildman–Crippen MR) is 108 cm³/mol. The fourth-order valence-electron chi connectivity index (χ4n) is 3.50. The molecule has 1 aliphatic rings. The molecule has 2 aromatic carbocycles. The molecule has 7 heteroatoms. The van der Waals surface area contributed by atoms with E-state index in [4.69, 9.17) is 21.1 Å². The lowest BCUT2D eigenvalue weighted by Gasteiger charge is -2.22. The molecule has 3 rings (SSSR count). The lowest BCUT2D eigenvalue weighted by atomic mass is 9.85. The molecule has 0 heterocycles. The van der Waals surface area contributed by atoms with E-state index in [1.807, 2.05) is 24.3 Å². The average Bonchev–Trinajstić information content (AvgIpc) is 3.18. The molecule has 152 valence electrons. The van der Waals surface area contributed by atoms with E-state index in [9.17, 15) is 14.0 Å². The molecule has 0 aliphatic heterocycles. The number of halogens is 2. The van der Waals surface area contributed by atoms with E-state index in [1.54, 1.807) is 19.2 Å². The second kappa shape index (κ2) is 9.09. The van der Waals surface area contributed by atoms with Gasteiger partial charge in [-0.15, -0.1) is 0 Å². The number of allylic oxidation sites excluding steroid dienone is 1. The van der Waals surface area contributed by atoms with Gasteiger partial charge in [-0.25, -0.2) is 4.39 Å².